The molecule has 1 heterocycles. The zero-order valence-electron chi connectivity index (χ0n) is 14.8. The van der Waals surface area contributed by atoms with E-state index in [1.807, 2.05) is 13.8 Å². The van der Waals surface area contributed by atoms with Crippen molar-refractivity contribution >= 4 is 17.5 Å². The number of halogens is 3. The van der Waals surface area contributed by atoms with Crippen LogP contribution in [0.2, 0.25) is 0 Å². The van der Waals surface area contributed by atoms with Gasteiger partial charge in [0, 0.05) is 31.0 Å². The molecule has 0 saturated carbocycles. The number of alkyl halides is 3. The highest BCUT2D eigenvalue weighted by atomic mass is 19.4. The monoisotopic (exact) mass is 369 g/mol. The van der Waals surface area contributed by atoms with Crippen molar-refractivity contribution in [3.63, 3.8) is 0 Å². The van der Waals surface area contributed by atoms with Crippen LogP contribution in [0.5, 0.6) is 0 Å². The zero-order chi connectivity index (χ0) is 19.5. The number of amides is 1. The molecular weight excluding hydrogens is 347 g/mol. The molecule has 1 unspecified atom stereocenters. The van der Waals surface area contributed by atoms with E-state index < -0.39 is 35.1 Å². The number of carbonyl (C=O) groups is 3. The normalized spacial score (nSPS) is 18.1. The van der Waals surface area contributed by atoms with Crippen molar-refractivity contribution in [1.29, 1.82) is 0 Å². The van der Waals surface area contributed by atoms with E-state index in [0.717, 1.165) is 12.1 Å². The van der Waals surface area contributed by atoms with Crippen LogP contribution in [0, 0.1) is 11.8 Å². The molecule has 26 heavy (non-hydrogen) atoms. The molecule has 1 aromatic carbocycles. The number of benzene rings is 1. The Bertz CT molecular complexity index is 698. The smallest absolute Gasteiger partial charge is 0.335 e. The number of hydrogen-bond donors (Lipinski definition) is 0. The number of nitrogens with zero attached hydrogens (tertiary/aromatic N) is 1. The van der Waals surface area contributed by atoms with Crippen LogP contribution >= 0.6 is 0 Å². The van der Waals surface area contributed by atoms with Crippen LogP contribution < -0.4 is 0 Å². The third-order valence-corrected chi connectivity index (χ3v) is 4.39. The van der Waals surface area contributed by atoms with E-state index in [1.165, 1.54) is 17.0 Å². The fourth-order valence-electron chi connectivity index (χ4n) is 3.09. The zero-order valence-corrected chi connectivity index (χ0v) is 14.8. The molecule has 4 nitrogen and oxygen atoms in total. The van der Waals surface area contributed by atoms with Crippen LogP contribution in [-0.2, 0) is 15.8 Å². The van der Waals surface area contributed by atoms with Crippen molar-refractivity contribution in [3.8, 4) is 0 Å². The summed E-state index contributed by atoms with van der Waals surface area (Å²) in [7, 11) is 0. The molecule has 0 N–H and O–H groups in total. The number of rotatable bonds is 5. The molecule has 0 radical (unpaired) electrons. The first-order chi connectivity index (χ1) is 12.1. The molecule has 0 bridgehead atoms. The van der Waals surface area contributed by atoms with Gasteiger partial charge in [-0.2, -0.15) is 13.2 Å². The number of carbonyl (C=O) groups excluding carboxylic acids is 3. The lowest BCUT2D eigenvalue weighted by Crippen LogP contribution is -2.45. The van der Waals surface area contributed by atoms with Crippen molar-refractivity contribution in [3.05, 3.63) is 35.4 Å². The van der Waals surface area contributed by atoms with E-state index in [0.29, 0.717) is 19.4 Å². The number of Topliss-reactive ketones (excluding diaryl/α,β-unsaturated/α-hetero) is 2. The molecule has 1 fully saturated rings. The Hall–Kier alpha value is -2.18. The van der Waals surface area contributed by atoms with E-state index in [-0.39, 0.29) is 24.4 Å². The molecule has 1 aromatic rings. The highest BCUT2D eigenvalue weighted by Gasteiger charge is 2.34. The maximum Gasteiger partial charge on any atom is 0.416 e. The Morgan fingerprint density at radius 2 is 1.92 bits per heavy atom. The summed E-state index contributed by atoms with van der Waals surface area (Å²) in [6.45, 7) is 4.12. The van der Waals surface area contributed by atoms with Crippen molar-refractivity contribution in [2.45, 2.75) is 39.3 Å². The van der Waals surface area contributed by atoms with Gasteiger partial charge in [0.05, 0.1) is 5.56 Å². The predicted octanol–water partition coefficient (Wildman–Crippen LogP) is 3.74. The summed E-state index contributed by atoms with van der Waals surface area (Å²) in [6.07, 6.45) is -3.36. The average Bonchev–Trinajstić information content (AvgIpc) is 2.59. The summed E-state index contributed by atoms with van der Waals surface area (Å²) >= 11 is 0. The fraction of sp³-hybridized carbons (Fsp3) is 0.526. The lowest BCUT2D eigenvalue weighted by atomic mass is 9.89. The molecular formula is C19H22F3NO3. The van der Waals surface area contributed by atoms with Crippen LogP contribution in [0.1, 0.15) is 49.0 Å². The second kappa shape index (κ2) is 8.01. The molecule has 1 saturated heterocycles. The van der Waals surface area contributed by atoms with Crippen LogP contribution in [0.25, 0.3) is 0 Å². The van der Waals surface area contributed by atoms with Crippen LogP contribution in [0.3, 0.4) is 0 Å². The van der Waals surface area contributed by atoms with Gasteiger partial charge in [0.1, 0.15) is 0 Å². The SMILES string of the molecule is CC(C)CC(=O)C(=O)N1CCCC(C(=O)c2cccc(C(F)(F)F)c2)C1. The maximum atomic E-state index is 12.8. The highest BCUT2D eigenvalue weighted by Crippen LogP contribution is 2.30. The molecule has 0 aromatic heterocycles. The second-order valence-corrected chi connectivity index (χ2v) is 7.05. The predicted molar refractivity (Wildman–Crippen MR) is 89.5 cm³/mol. The minimum absolute atomic E-state index is 0.0207. The summed E-state index contributed by atoms with van der Waals surface area (Å²) in [4.78, 5) is 38.1. The van der Waals surface area contributed by atoms with Crippen molar-refractivity contribution in [2.24, 2.45) is 11.8 Å². The molecule has 7 heteroatoms. The van der Waals surface area contributed by atoms with Crippen molar-refractivity contribution in [1.82, 2.24) is 4.90 Å². The number of piperidine rings is 1. The Balaban J connectivity index is 2.11. The Kier molecular flexibility index (Phi) is 6.21. The van der Waals surface area contributed by atoms with Gasteiger partial charge in [-0.15, -0.1) is 0 Å². The first-order valence-corrected chi connectivity index (χ1v) is 8.63. The van der Waals surface area contributed by atoms with Gasteiger partial charge >= 0.3 is 6.18 Å². The molecule has 1 atom stereocenters. The number of hydrogen-bond acceptors (Lipinski definition) is 3. The van der Waals surface area contributed by atoms with Gasteiger partial charge in [-0.3, -0.25) is 14.4 Å². The van der Waals surface area contributed by atoms with Crippen LogP contribution in [-0.4, -0.2) is 35.5 Å². The average molecular weight is 369 g/mol. The first kappa shape index (κ1) is 20.1. The van der Waals surface area contributed by atoms with Gasteiger partial charge < -0.3 is 4.90 Å². The van der Waals surface area contributed by atoms with Gasteiger partial charge in [-0.1, -0.05) is 26.0 Å². The molecule has 1 aliphatic heterocycles. The molecule has 0 aliphatic carbocycles. The lowest BCUT2D eigenvalue weighted by molar-refractivity contribution is -0.146. The summed E-state index contributed by atoms with van der Waals surface area (Å²) in [6, 6.07) is 4.31. The van der Waals surface area contributed by atoms with Crippen molar-refractivity contribution < 1.29 is 27.6 Å². The van der Waals surface area contributed by atoms with E-state index >= 15 is 0 Å². The van der Waals surface area contributed by atoms with Crippen molar-refractivity contribution in [2.75, 3.05) is 13.1 Å². The Morgan fingerprint density at radius 3 is 2.54 bits per heavy atom. The molecule has 2 rings (SSSR count). The third-order valence-electron chi connectivity index (χ3n) is 4.39. The topological polar surface area (TPSA) is 54.5 Å². The van der Waals surface area contributed by atoms with E-state index in [1.54, 1.807) is 0 Å². The molecule has 1 aliphatic rings. The Morgan fingerprint density at radius 1 is 1.23 bits per heavy atom. The van der Waals surface area contributed by atoms with E-state index in [2.05, 4.69) is 0 Å². The first-order valence-electron chi connectivity index (χ1n) is 8.63. The van der Waals surface area contributed by atoms with Gasteiger partial charge in [-0.05, 0) is 30.9 Å². The molecule has 142 valence electrons. The number of likely N-dealkylation sites (tertiary alicyclic amines) is 1. The largest absolute Gasteiger partial charge is 0.416 e. The summed E-state index contributed by atoms with van der Waals surface area (Å²) in [5.74, 6) is -2.07. The fourth-order valence-corrected chi connectivity index (χ4v) is 3.09. The summed E-state index contributed by atoms with van der Waals surface area (Å²) in [5.41, 5.74) is -0.896. The van der Waals surface area contributed by atoms with E-state index in [9.17, 15) is 27.6 Å². The number of ketones is 2. The maximum absolute atomic E-state index is 12.8. The minimum Gasteiger partial charge on any atom is -0.335 e. The quantitative estimate of drug-likeness (QED) is 0.587. The van der Waals surface area contributed by atoms with Crippen LogP contribution in [0.15, 0.2) is 24.3 Å². The van der Waals surface area contributed by atoms with E-state index in [4.69, 9.17) is 0 Å². The lowest BCUT2D eigenvalue weighted by Gasteiger charge is -2.31. The Labute approximate surface area is 150 Å². The molecule has 0 spiro atoms. The van der Waals surface area contributed by atoms with Gasteiger partial charge in [0.15, 0.2) is 5.78 Å². The second-order valence-electron chi connectivity index (χ2n) is 7.05. The van der Waals surface area contributed by atoms with Gasteiger partial charge in [0.25, 0.3) is 5.91 Å². The van der Waals surface area contributed by atoms with Gasteiger partial charge in [-0.25, -0.2) is 0 Å². The summed E-state index contributed by atoms with van der Waals surface area (Å²) in [5, 5.41) is 0. The van der Waals surface area contributed by atoms with Crippen LogP contribution in [0.4, 0.5) is 13.2 Å². The van der Waals surface area contributed by atoms with Gasteiger partial charge in [0.2, 0.25) is 5.78 Å². The summed E-state index contributed by atoms with van der Waals surface area (Å²) < 4.78 is 38.5. The minimum atomic E-state index is -4.52. The standard InChI is InChI=1S/C19H22F3NO3/c1-12(2)9-16(24)18(26)23-8-4-6-14(11-23)17(25)13-5-3-7-15(10-13)19(20,21)22/h3,5,7,10,12,14H,4,6,8-9,11H2,1-2H3. The molecule has 1 amide bonds. The third kappa shape index (κ3) is 4.93. The highest BCUT2D eigenvalue weighted by molar-refractivity contribution is 6.36.